The van der Waals surface area contributed by atoms with Crippen LogP contribution >= 0.6 is 0 Å². The monoisotopic (exact) mass is 292 g/mol. The summed E-state index contributed by atoms with van der Waals surface area (Å²) in [5.74, 6) is 1.19. The number of aromatic amines is 1. The predicted octanol–water partition coefficient (Wildman–Crippen LogP) is 2.87. The summed E-state index contributed by atoms with van der Waals surface area (Å²) >= 11 is 0. The average Bonchev–Trinajstić information content (AvgIpc) is 3.03. The van der Waals surface area contributed by atoms with E-state index >= 15 is 0 Å². The maximum Gasteiger partial charge on any atom is 0.179 e. The number of hydrogen-bond acceptors (Lipinski definition) is 4. The van der Waals surface area contributed by atoms with Crippen LogP contribution in [0.2, 0.25) is 0 Å². The molecular formula is C17H16N4O. The number of rotatable bonds is 2. The largest absolute Gasteiger partial charge is 0.349 e. The molecule has 22 heavy (non-hydrogen) atoms. The Morgan fingerprint density at radius 2 is 2.00 bits per heavy atom. The smallest absolute Gasteiger partial charge is 0.179 e. The molecule has 0 radical (unpaired) electrons. The zero-order chi connectivity index (χ0) is 14.9. The zero-order valence-corrected chi connectivity index (χ0v) is 12.1. The average molecular weight is 292 g/mol. The van der Waals surface area contributed by atoms with Gasteiger partial charge in [-0.05, 0) is 17.7 Å². The second-order valence-corrected chi connectivity index (χ2v) is 5.56. The molecule has 1 N–H and O–H groups in total. The third kappa shape index (κ3) is 2.24. The predicted molar refractivity (Wildman–Crippen MR) is 84.7 cm³/mol. The van der Waals surface area contributed by atoms with E-state index in [0.29, 0.717) is 30.8 Å². The fourth-order valence-electron chi connectivity index (χ4n) is 3.05. The van der Waals surface area contributed by atoms with E-state index in [4.69, 9.17) is 0 Å². The van der Waals surface area contributed by atoms with Crippen LogP contribution in [-0.2, 0) is 4.79 Å². The molecule has 1 aliphatic rings. The molecule has 0 amide bonds. The van der Waals surface area contributed by atoms with E-state index in [9.17, 15) is 4.79 Å². The van der Waals surface area contributed by atoms with Crippen LogP contribution in [0.4, 0.5) is 5.82 Å². The Hall–Kier alpha value is -2.69. The van der Waals surface area contributed by atoms with Crippen molar-refractivity contribution in [1.29, 1.82) is 0 Å². The highest BCUT2D eigenvalue weighted by molar-refractivity contribution is 5.82. The molecule has 1 unspecified atom stereocenters. The van der Waals surface area contributed by atoms with E-state index in [-0.39, 0.29) is 6.04 Å². The van der Waals surface area contributed by atoms with Crippen molar-refractivity contribution < 1.29 is 4.79 Å². The van der Waals surface area contributed by atoms with Gasteiger partial charge in [0.2, 0.25) is 0 Å². The summed E-state index contributed by atoms with van der Waals surface area (Å²) in [6.07, 6.45) is 2.75. The Kier molecular flexibility index (Phi) is 3.11. The fourth-order valence-corrected chi connectivity index (χ4v) is 3.05. The van der Waals surface area contributed by atoms with Gasteiger partial charge in [-0.3, -0.25) is 4.79 Å². The van der Waals surface area contributed by atoms with Gasteiger partial charge in [-0.25, -0.2) is 9.97 Å². The van der Waals surface area contributed by atoms with Gasteiger partial charge >= 0.3 is 0 Å². The molecule has 1 atom stereocenters. The minimum absolute atomic E-state index is 0.0475. The lowest BCUT2D eigenvalue weighted by Crippen LogP contribution is -2.37. The highest BCUT2D eigenvalue weighted by Crippen LogP contribution is 2.33. The van der Waals surface area contributed by atoms with Gasteiger partial charge < -0.3 is 9.88 Å². The van der Waals surface area contributed by atoms with E-state index in [1.807, 2.05) is 30.3 Å². The van der Waals surface area contributed by atoms with Gasteiger partial charge in [-0.2, -0.15) is 0 Å². The van der Waals surface area contributed by atoms with Gasteiger partial charge in [0.25, 0.3) is 0 Å². The second kappa shape index (κ2) is 5.26. The Bertz CT molecular complexity index is 812. The summed E-state index contributed by atoms with van der Waals surface area (Å²) in [6.45, 7) is 0.696. The number of benzene rings is 1. The summed E-state index contributed by atoms with van der Waals surface area (Å²) in [4.78, 5) is 26.1. The minimum Gasteiger partial charge on any atom is -0.349 e. The number of carbonyl (C=O) groups excluding carboxylic acids is 1. The topological polar surface area (TPSA) is 61.9 Å². The van der Waals surface area contributed by atoms with Crippen molar-refractivity contribution in [2.45, 2.75) is 18.9 Å². The number of nitrogens with zero attached hydrogens (tertiary/aromatic N) is 3. The third-order valence-corrected chi connectivity index (χ3v) is 4.17. The number of carbonyl (C=O) groups is 1. The highest BCUT2D eigenvalue weighted by Gasteiger charge is 2.29. The lowest BCUT2D eigenvalue weighted by Gasteiger charge is -2.36. The number of Topliss-reactive ketones (excluding diaryl/α,β-unsaturated/α-hetero) is 1. The molecule has 3 heterocycles. The first-order chi connectivity index (χ1) is 10.8. The zero-order valence-electron chi connectivity index (χ0n) is 12.1. The number of piperidine rings is 1. The molecule has 5 nitrogen and oxygen atoms in total. The van der Waals surface area contributed by atoms with E-state index in [2.05, 4.69) is 32.0 Å². The van der Waals surface area contributed by atoms with Crippen LogP contribution in [0.1, 0.15) is 24.4 Å². The molecule has 0 spiro atoms. The number of H-pyrrole nitrogens is 1. The number of hydrogen-bond donors (Lipinski definition) is 1. The summed E-state index contributed by atoms with van der Waals surface area (Å²) in [5.41, 5.74) is 2.79. The van der Waals surface area contributed by atoms with Crippen LogP contribution in [0.5, 0.6) is 0 Å². The Morgan fingerprint density at radius 1 is 1.14 bits per heavy atom. The molecular weight excluding hydrogens is 276 g/mol. The number of anilines is 1. The fraction of sp³-hybridized carbons (Fsp3) is 0.235. The molecule has 1 aromatic carbocycles. The van der Waals surface area contributed by atoms with Crippen LogP contribution < -0.4 is 4.90 Å². The number of ketones is 1. The molecule has 2 aromatic heterocycles. The van der Waals surface area contributed by atoms with E-state index in [1.54, 1.807) is 6.33 Å². The van der Waals surface area contributed by atoms with Crippen molar-refractivity contribution in [2.75, 3.05) is 11.4 Å². The van der Waals surface area contributed by atoms with Gasteiger partial charge in [-0.1, -0.05) is 30.3 Å². The Balaban J connectivity index is 1.75. The molecule has 0 aliphatic carbocycles. The number of aromatic nitrogens is 3. The number of fused-ring (bicyclic) bond motifs is 1. The van der Waals surface area contributed by atoms with Gasteiger partial charge in [-0.15, -0.1) is 0 Å². The number of imidazole rings is 1. The van der Waals surface area contributed by atoms with Gasteiger partial charge in [0.15, 0.2) is 5.65 Å². The van der Waals surface area contributed by atoms with E-state index in [1.165, 1.54) is 0 Å². The highest BCUT2D eigenvalue weighted by atomic mass is 16.1. The van der Waals surface area contributed by atoms with E-state index < -0.39 is 0 Å². The molecule has 0 bridgehead atoms. The number of pyridine rings is 1. The maximum absolute atomic E-state index is 11.9. The molecule has 4 rings (SSSR count). The quantitative estimate of drug-likeness (QED) is 0.789. The van der Waals surface area contributed by atoms with Crippen molar-refractivity contribution in [3.05, 3.63) is 54.4 Å². The maximum atomic E-state index is 11.9. The van der Waals surface area contributed by atoms with Crippen molar-refractivity contribution in [3.63, 3.8) is 0 Å². The third-order valence-electron chi connectivity index (χ3n) is 4.17. The lowest BCUT2D eigenvalue weighted by molar-refractivity contribution is -0.120. The number of nitrogens with one attached hydrogen (secondary N) is 1. The second-order valence-electron chi connectivity index (χ2n) is 5.56. The Morgan fingerprint density at radius 3 is 2.86 bits per heavy atom. The summed E-state index contributed by atoms with van der Waals surface area (Å²) in [6, 6.07) is 14.2. The van der Waals surface area contributed by atoms with Crippen LogP contribution in [-0.4, -0.2) is 27.3 Å². The first-order valence-electron chi connectivity index (χ1n) is 7.45. The van der Waals surface area contributed by atoms with Gasteiger partial charge in [0.05, 0.1) is 17.9 Å². The molecule has 110 valence electrons. The van der Waals surface area contributed by atoms with Crippen LogP contribution in [0, 0.1) is 0 Å². The van der Waals surface area contributed by atoms with Gasteiger partial charge in [0.1, 0.15) is 11.6 Å². The van der Waals surface area contributed by atoms with Crippen molar-refractivity contribution >= 4 is 22.8 Å². The first kappa shape index (κ1) is 13.0. The van der Waals surface area contributed by atoms with Crippen LogP contribution in [0.25, 0.3) is 11.2 Å². The normalized spacial score (nSPS) is 18.8. The van der Waals surface area contributed by atoms with Crippen molar-refractivity contribution in [2.24, 2.45) is 0 Å². The van der Waals surface area contributed by atoms with Gasteiger partial charge in [0, 0.05) is 19.4 Å². The summed E-state index contributed by atoms with van der Waals surface area (Å²) in [7, 11) is 0. The van der Waals surface area contributed by atoms with Crippen LogP contribution in [0.3, 0.4) is 0 Å². The van der Waals surface area contributed by atoms with E-state index in [0.717, 1.165) is 16.9 Å². The SMILES string of the molecule is O=C1CCN(c2ccc3[nH]cnc3n2)C(c2ccccc2)C1. The minimum atomic E-state index is 0.0475. The summed E-state index contributed by atoms with van der Waals surface area (Å²) < 4.78 is 0. The van der Waals surface area contributed by atoms with Crippen LogP contribution in [0.15, 0.2) is 48.8 Å². The molecule has 0 saturated carbocycles. The molecule has 5 heteroatoms. The summed E-state index contributed by atoms with van der Waals surface area (Å²) in [5, 5.41) is 0. The molecule has 1 aliphatic heterocycles. The molecule has 1 saturated heterocycles. The first-order valence-corrected chi connectivity index (χ1v) is 7.45. The lowest BCUT2D eigenvalue weighted by atomic mass is 9.94. The standard InChI is InChI=1S/C17H16N4O/c22-13-8-9-21(15(10-13)12-4-2-1-3-5-12)16-7-6-14-17(20-16)19-11-18-14/h1-7,11,15H,8-10H2,(H,18,19,20). The molecule has 3 aromatic rings. The van der Waals surface area contributed by atoms with Crippen molar-refractivity contribution in [1.82, 2.24) is 15.0 Å². The molecule has 1 fully saturated rings. The van der Waals surface area contributed by atoms with Crippen molar-refractivity contribution in [3.8, 4) is 0 Å². The Labute approximate surface area is 128 Å².